The molecule has 1 aliphatic heterocycles. The summed E-state index contributed by atoms with van der Waals surface area (Å²) in [6, 6.07) is 0. The molecule has 13 heavy (non-hydrogen) atoms. The van der Waals surface area contributed by atoms with E-state index in [0.717, 1.165) is 32.7 Å². The molecule has 0 aliphatic carbocycles. The Morgan fingerprint density at radius 3 is 2.54 bits per heavy atom. The molecule has 1 saturated heterocycles. The van der Waals surface area contributed by atoms with Crippen molar-refractivity contribution in [2.75, 3.05) is 26.2 Å². The molecule has 0 amide bonds. The van der Waals surface area contributed by atoms with E-state index in [1.54, 1.807) is 0 Å². The molecule has 0 aromatic heterocycles. The van der Waals surface area contributed by atoms with Crippen LogP contribution in [0, 0.1) is 0 Å². The first kappa shape index (κ1) is 11.0. The third-order valence-corrected chi connectivity index (χ3v) is 2.55. The molecule has 0 atom stereocenters. The maximum atomic E-state index is 9.72. The molecular weight excluding hydrogens is 166 g/mol. The Morgan fingerprint density at radius 1 is 1.46 bits per heavy atom. The monoisotopic (exact) mass is 187 g/mol. The van der Waals surface area contributed by atoms with Gasteiger partial charge in [-0.05, 0) is 20.3 Å². The van der Waals surface area contributed by atoms with Crippen LogP contribution in [-0.4, -0.2) is 48.0 Å². The van der Waals surface area contributed by atoms with Crippen LogP contribution in [0.1, 0.15) is 27.2 Å². The number of ether oxygens (including phenoxy) is 1. The maximum absolute atomic E-state index is 9.72. The van der Waals surface area contributed by atoms with Gasteiger partial charge in [-0.25, -0.2) is 0 Å². The van der Waals surface area contributed by atoms with Crippen LogP contribution in [0.15, 0.2) is 0 Å². The van der Waals surface area contributed by atoms with Crippen LogP contribution < -0.4 is 0 Å². The van der Waals surface area contributed by atoms with Gasteiger partial charge in [0.2, 0.25) is 0 Å². The van der Waals surface area contributed by atoms with Crippen LogP contribution in [0.25, 0.3) is 0 Å². The van der Waals surface area contributed by atoms with Gasteiger partial charge in [0.1, 0.15) is 0 Å². The van der Waals surface area contributed by atoms with Gasteiger partial charge in [0.05, 0.1) is 18.3 Å². The van der Waals surface area contributed by atoms with Gasteiger partial charge in [0.25, 0.3) is 0 Å². The van der Waals surface area contributed by atoms with Crippen molar-refractivity contribution >= 4 is 0 Å². The predicted molar refractivity (Wildman–Crippen MR) is 52.8 cm³/mol. The Kier molecular flexibility index (Phi) is 3.71. The van der Waals surface area contributed by atoms with Gasteiger partial charge in [-0.3, -0.25) is 4.90 Å². The van der Waals surface area contributed by atoms with E-state index in [-0.39, 0.29) is 0 Å². The lowest BCUT2D eigenvalue weighted by Gasteiger charge is -2.46. The summed E-state index contributed by atoms with van der Waals surface area (Å²) >= 11 is 0. The van der Waals surface area contributed by atoms with Crippen molar-refractivity contribution in [3.8, 4) is 0 Å². The Balaban J connectivity index is 2.02. The molecule has 1 fully saturated rings. The molecule has 0 saturated carbocycles. The zero-order chi connectivity index (χ0) is 9.90. The molecule has 0 aromatic carbocycles. The van der Waals surface area contributed by atoms with Crippen molar-refractivity contribution in [1.82, 2.24) is 4.90 Å². The van der Waals surface area contributed by atoms with E-state index < -0.39 is 5.60 Å². The first-order chi connectivity index (χ1) is 6.06. The Labute approximate surface area is 80.7 Å². The van der Waals surface area contributed by atoms with Gasteiger partial charge in [-0.15, -0.1) is 0 Å². The number of likely N-dealkylation sites (tertiary alicyclic amines) is 1. The lowest BCUT2D eigenvalue weighted by atomic mass is 9.91. The second-order valence-electron chi connectivity index (χ2n) is 4.21. The summed E-state index contributed by atoms with van der Waals surface area (Å²) in [6.07, 6.45) is 1.17. The lowest BCUT2D eigenvalue weighted by molar-refractivity contribution is -0.107. The van der Waals surface area contributed by atoms with Gasteiger partial charge in [0.15, 0.2) is 0 Å². The quantitative estimate of drug-likeness (QED) is 0.693. The number of β-amino-alcohol motifs (C(OH)–C–C–N with tert-alkyl or cyclic N) is 1. The van der Waals surface area contributed by atoms with E-state index in [9.17, 15) is 5.11 Å². The lowest BCUT2D eigenvalue weighted by Crippen LogP contribution is -2.61. The van der Waals surface area contributed by atoms with Gasteiger partial charge < -0.3 is 9.84 Å². The summed E-state index contributed by atoms with van der Waals surface area (Å²) in [5, 5.41) is 9.72. The SMILES string of the molecule is CCC1(O)CN(CCOC(C)C)C1. The van der Waals surface area contributed by atoms with E-state index in [4.69, 9.17) is 4.74 Å². The molecule has 1 rings (SSSR count). The number of nitrogens with zero attached hydrogens (tertiary/aromatic N) is 1. The summed E-state index contributed by atoms with van der Waals surface area (Å²) in [6.45, 7) is 9.45. The van der Waals surface area contributed by atoms with Crippen LogP contribution >= 0.6 is 0 Å². The largest absolute Gasteiger partial charge is 0.387 e. The fourth-order valence-corrected chi connectivity index (χ4v) is 1.59. The van der Waals surface area contributed by atoms with Crippen molar-refractivity contribution in [2.45, 2.75) is 38.9 Å². The summed E-state index contributed by atoms with van der Waals surface area (Å²) in [5.74, 6) is 0. The highest BCUT2D eigenvalue weighted by atomic mass is 16.5. The molecule has 0 spiro atoms. The van der Waals surface area contributed by atoms with Crippen LogP contribution in [0.5, 0.6) is 0 Å². The van der Waals surface area contributed by atoms with Crippen molar-refractivity contribution in [1.29, 1.82) is 0 Å². The number of rotatable bonds is 5. The smallest absolute Gasteiger partial charge is 0.0897 e. The average Bonchev–Trinajstić information content (AvgIpc) is 2.00. The Hall–Kier alpha value is -0.120. The first-order valence-electron chi connectivity index (χ1n) is 5.12. The van der Waals surface area contributed by atoms with E-state index >= 15 is 0 Å². The Bertz CT molecular complexity index is 153. The number of hydrogen-bond donors (Lipinski definition) is 1. The van der Waals surface area contributed by atoms with Gasteiger partial charge in [-0.1, -0.05) is 6.92 Å². The van der Waals surface area contributed by atoms with E-state index in [0.29, 0.717) is 6.10 Å². The number of hydrogen-bond acceptors (Lipinski definition) is 3. The van der Waals surface area contributed by atoms with Crippen LogP contribution in [0.3, 0.4) is 0 Å². The molecule has 1 heterocycles. The molecule has 0 bridgehead atoms. The molecule has 0 aromatic rings. The highest BCUT2D eigenvalue weighted by Gasteiger charge is 2.38. The minimum Gasteiger partial charge on any atom is -0.387 e. The second kappa shape index (κ2) is 4.40. The van der Waals surface area contributed by atoms with E-state index in [1.807, 2.05) is 20.8 Å². The highest BCUT2D eigenvalue weighted by Crippen LogP contribution is 2.23. The number of aliphatic hydroxyl groups is 1. The van der Waals surface area contributed by atoms with E-state index in [2.05, 4.69) is 4.90 Å². The first-order valence-corrected chi connectivity index (χ1v) is 5.12. The molecule has 3 nitrogen and oxygen atoms in total. The standard InChI is InChI=1S/C10H21NO2/c1-4-10(12)7-11(8-10)5-6-13-9(2)3/h9,12H,4-8H2,1-3H3. The summed E-state index contributed by atoms with van der Waals surface area (Å²) < 4.78 is 5.43. The van der Waals surface area contributed by atoms with Crippen LogP contribution in [-0.2, 0) is 4.74 Å². The van der Waals surface area contributed by atoms with Gasteiger partial charge >= 0.3 is 0 Å². The summed E-state index contributed by atoms with van der Waals surface area (Å²) in [7, 11) is 0. The summed E-state index contributed by atoms with van der Waals surface area (Å²) in [4.78, 5) is 2.23. The topological polar surface area (TPSA) is 32.7 Å². The molecule has 3 heteroatoms. The zero-order valence-corrected chi connectivity index (χ0v) is 8.92. The molecule has 78 valence electrons. The van der Waals surface area contributed by atoms with Crippen molar-refractivity contribution < 1.29 is 9.84 Å². The van der Waals surface area contributed by atoms with Crippen molar-refractivity contribution in [3.63, 3.8) is 0 Å². The maximum Gasteiger partial charge on any atom is 0.0897 e. The minimum atomic E-state index is -0.405. The zero-order valence-electron chi connectivity index (χ0n) is 8.92. The molecule has 0 radical (unpaired) electrons. The molecule has 1 N–H and O–H groups in total. The fraction of sp³-hybridized carbons (Fsp3) is 1.00. The van der Waals surface area contributed by atoms with E-state index in [1.165, 1.54) is 0 Å². The normalized spacial score (nSPS) is 21.9. The molecule has 1 aliphatic rings. The molecular formula is C10H21NO2. The van der Waals surface area contributed by atoms with Crippen molar-refractivity contribution in [3.05, 3.63) is 0 Å². The second-order valence-corrected chi connectivity index (χ2v) is 4.21. The summed E-state index contributed by atoms with van der Waals surface area (Å²) in [5.41, 5.74) is -0.405. The van der Waals surface area contributed by atoms with Gasteiger partial charge in [0, 0.05) is 19.6 Å². The van der Waals surface area contributed by atoms with Gasteiger partial charge in [-0.2, -0.15) is 0 Å². The van der Waals surface area contributed by atoms with Crippen LogP contribution in [0.4, 0.5) is 0 Å². The minimum absolute atomic E-state index is 0.311. The van der Waals surface area contributed by atoms with Crippen LogP contribution in [0.2, 0.25) is 0 Å². The third-order valence-electron chi connectivity index (χ3n) is 2.55. The predicted octanol–water partition coefficient (Wildman–Crippen LogP) is 0.868. The van der Waals surface area contributed by atoms with Crippen molar-refractivity contribution in [2.24, 2.45) is 0 Å². The highest BCUT2D eigenvalue weighted by molar-refractivity contribution is 4.93. The molecule has 0 unspecified atom stereocenters. The third kappa shape index (κ3) is 3.25. The fourth-order valence-electron chi connectivity index (χ4n) is 1.59. The Morgan fingerprint density at radius 2 is 2.08 bits per heavy atom. The average molecular weight is 187 g/mol.